The van der Waals surface area contributed by atoms with Crippen LogP contribution in [-0.2, 0) is 16.1 Å². The standard InChI is InChI=1S/C16H22N2O4/c1-17(9-12-3-5-14(22-2)6-4-12)15(19)11-18-8-7-13(10-18)16(20)21/h3-6,13H,7-11H2,1-2H3,(H,20,21). The van der Waals surface area contributed by atoms with Crippen LogP contribution in [0.4, 0.5) is 0 Å². The third kappa shape index (κ3) is 4.21. The van der Waals surface area contributed by atoms with Gasteiger partial charge in [-0.1, -0.05) is 12.1 Å². The fraction of sp³-hybridized carbons (Fsp3) is 0.500. The van der Waals surface area contributed by atoms with Gasteiger partial charge in [0.05, 0.1) is 19.6 Å². The molecule has 6 nitrogen and oxygen atoms in total. The Morgan fingerprint density at radius 2 is 2.05 bits per heavy atom. The van der Waals surface area contributed by atoms with Gasteiger partial charge in [0.15, 0.2) is 0 Å². The third-order valence-electron chi connectivity index (χ3n) is 3.99. The molecule has 0 radical (unpaired) electrons. The third-order valence-corrected chi connectivity index (χ3v) is 3.99. The van der Waals surface area contributed by atoms with Crippen molar-refractivity contribution in [2.75, 3.05) is 33.8 Å². The minimum atomic E-state index is -0.776. The highest BCUT2D eigenvalue weighted by Crippen LogP contribution is 2.17. The van der Waals surface area contributed by atoms with Crippen LogP contribution in [0.2, 0.25) is 0 Å². The van der Waals surface area contributed by atoms with Crippen molar-refractivity contribution in [1.82, 2.24) is 9.80 Å². The first-order chi connectivity index (χ1) is 10.5. The second-order valence-electron chi connectivity index (χ2n) is 5.66. The van der Waals surface area contributed by atoms with E-state index in [0.29, 0.717) is 26.1 Å². The largest absolute Gasteiger partial charge is 0.497 e. The molecule has 2 rings (SSSR count). The van der Waals surface area contributed by atoms with Crippen LogP contribution in [0, 0.1) is 5.92 Å². The monoisotopic (exact) mass is 306 g/mol. The van der Waals surface area contributed by atoms with Crippen molar-refractivity contribution in [2.24, 2.45) is 5.92 Å². The normalized spacial score (nSPS) is 18.2. The maximum Gasteiger partial charge on any atom is 0.307 e. The lowest BCUT2D eigenvalue weighted by molar-refractivity contribution is -0.141. The molecule has 0 aliphatic carbocycles. The van der Waals surface area contributed by atoms with Crippen LogP contribution in [0.5, 0.6) is 5.75 Å². The maximum atomic E-state index is 12.2. The highest BCUT2D eigenvalue weighted by Gasteiger charge is 2.29. The van der Waals surface area contributed by atoms with Crippen molar-refractivity contribution in [3.05, 3.63) is 29.8 Å². The number of nitrogens with zero attached hydrogens (tertiary/aromatic N) is 2. The predicted octanol–water partition coefficient (Wildman–Crippen LogP) is 1.06. The number of carboxylic acid groups (broad SMARTS) is 1. The van der Waals surface area contributed by atoms with Gasteiger partial charge in [0.1, 0.15) is 5.75 Å². The van der Waals surface area contributed by atoms with Gasteiger partial charge >= 0.3 is 5.97 Å². The average Bonchev–Trinajstić information content (AvgIpc) is 2.96. The molecule has 1 aliphatic heterocycles. The number of amides is 1. The molecule has 1 aliphatic rings. The summed E-state index contributed by atoms with van der Waals surface area (Å²) in [4.78, 5) is 26.7. The Balaban J connectivity index is 1.83. The van der Waals surface area contributed by atoms with Gasteiger partial charge < -0.3 is 14.7 Å². The number of rotatable bonds is 6. The van der Waals surface area contributed by atoms with Gasteiger partial charge in [-0.25, -0.2) is 0 Å². The molecule has 1 saturated heterocycles. The van der Waals surface area contributed by atoms with E-state index in [1.807, 2.05) is 29.2 Å². The number of hydrogen-bond donors (Lipinski definition) is 1. The molecule has 1 unspecified atom stereocenters. The topological polar surface area (TPSA) is 70.1 Å². The number of likely N-dealkylation sites (N-methyl/N-ethyl adjacent to an activating group) is 1. The Bertz CT molecular complexity index is 529. The van der Waals surface area contributed by atoms with E-state index in [1.54, 1.807) is 19.1 Å². The number of carbonyl (C=O) groups is 2. The maximum absolute atomic E-state index is 12.2. The predicted molar refractivity (Wildman–Crippen MR) is 81.7 cm³/mol. The number of methoxy groups -OCH3 is 1. The summed E-state index contributed by atoms with van der Waals surface area (Å²) in [6, 6.07) is 7.59. The van der Waals surface area contributed by atoms with Crippen LogP contribution >= 0.6 is 0 Å². The zero-order valence-corrected chi connectivity index (χ0v) is 13.0. The number of carbonyl (C=O) groups excluding carboxylic acids is 1. The second-order valence-corrected chi connectivity index (χ2v) is 5.66. The zero-order chi connectivity index (χ0) is 16.1. The lowest BCUT2D eigenvalue weighted by Gasteiger charge is -2.21. The van der Waals surface area contributed by atoms with Gasteiger partial charge in [-0.05, 0) is 30.7 Å². The highest BCUT2D eigenvalue weighted by molar-refractivity contribution is 5.78. The smallest absolute Gasteiger partial charge is 0.307 e. The van der Waals surface area contributed by atoms with Crippen LogP contribution in [0.15, 0.2) is 24.3 Å². The number of benzene rings is 1. The van der Waals surface area contributed by atoms with Gasteiger partial charge in [0, 0.05) is 20.1 Å². The van der Waals surface area contributed by atoms with Crippen LogP contribution in [0.1, 0.15) is 12.0 Å². The first-order valence-electron chi connectivity index (χ1n) is 7.31. The second kappa shape index (κ2) is 7.26. The minimum Gasteiger partial charge on any atom is -0.497 e. The molecule has 1 aromatic carbocycles. The average molecular weight is 306 g/mol. The summed E-state index contributed by atoms with van der Waals surface area (Å²) < 4.78 is 5.10. The van der Waals surface area contributed by atoms with Crippen molar-refractivity contribution < 1.29 is 19.4 Å². The molecule has 1 N–H and O–H groups in total. The molecule has 1 atom stereocenters. The summed E-state index contributed by atoms with van der Waals surface area (Å²) in [5.74, 6) is -0.336. The Hall–Kier alpha value is -2.08. The molecule has 1 heterocycles. The van der Waals surface area contributed by atoms with E-state index in [0.717, 1.165) is 11.3 Å². The first-order valence-corrected chi connectivity index (χ1v) is 7.31. The summed E-state index contributed by atoms with van der Waals surface area (Å²) in [7, 11) is 3.38. The SMILES string of the molecule is COc1ccc(CN(C)C(=O)CN2CCC(C(=O)O)C2)cc1. The van der Waals surface area contributed by atoms with Crippen molar-refractivity contribution in [3.63, 3.8) is 0 Å². The molecule has 22 heavy (non-hydrogen) atoms. The molecule has 1 fully saturated rings. The van der Waals surface area contributed by atoms with Crippen LogP contribution in [0.3, 0.4) is 0 Å². The Labute approximate surface area is 130 Å². The van der Waals surface area contributed by atoms with E-state index in [1.165, 1.54) is 0 Å². The van der Waals surface area contributed by atoms with Crippen LogP contribution in [-0.4, -0.2) is 60.6 Å². The van der Waals surface area contributed by atoms with Crippen LogP contribution in [0.25, 0.3) is 0 Å². The number of ether oxygens (including phenoxy) is 1. The Morgan fingerprint density at radius 1 is 1.36 bits per heavy atom. The van der Waals surface area contributed by atoms with Crippen molar-refractivity contribution >= 4 is 11.9 Å². The van der Waals surface area contributed by atoms with Gasteiger partial charge in [-0.2, -0.15) is 0 Å². The Morgan fingerprint density at radius 3 is 2.59 bits per heavy atom. The molecule has 0 saturated carbocycles. The molecule has 120 valence electrons. The van der Waals surface area contributed by atoms with Gasteiger partial charge in [0.25, 0.3) is 0 Å². The number of hydrogen-bond acceptors (Lipinski definition) is 4. The van der Waals surface area contributed by atoms with Crippen molar-refractivity contribution in [2.45, 2.75) is 13.0 Å². The lowest BCUT2D eigenvalue weighted by atomic mass is 10.1. The van der Waals surface area contributed by atoms with E-state index in [9.17, 15) is 9.59 Å². The van der Waals surface area contributed by atoms with Gasteiger partial charge in [0.2, 0.25) is 5.91 Å². The van der Waals surface area contributed by atoms with Crippen molar-refractivity contribution in [1.29, 1.82) is 0 Å². The van der Waals surface area contributed by atoms with E-state index >= 15 is 0 Å². The fourth-order valence-electron chi connectivity index (χ4n) is 2.58. The summed E-state index contributed by atoms with van der Waals surface area (Å²) in [6.07, 6.45) is 0.616. The first kappa shape index (κ1) is 16.3. The van der Waals surface area contributed by atoms with E-state index in [4.69, 9.17) is 9.84 Å². The quantitative estimate of drug-likeness (QED) is 0.851. The molecule has 1 amide bonds. The number of likely N-dealkylation sites (tertiary alicyclic amines) is 1. The molecule has 0 spiro atoms. The minimum absolute atomic E-state index is 0.00172. The fourth-order valence-corrected chi connectivity index (χ4v) is 2.58. The zero-order valence-electron chi connectivity index (χ0n) is 13.0. The van der Waals surface area contributed by atoms with Crippen LogP contribution < -0.4 is 4.74 Å². The van der Waals surface area contributed by atoms with E-state index < -0.39 is 5.97 Å². The van der Waals surface area contributed by atoms with Gasteiger partial charge in [-0.3, -0.25) is 14.5 Å². The molecule has 0 aromatic heterocycles. The van der Waals surface area contributed by atoms with E-state index in [2.05, 4.69) is 0 Å². The number of aliphatic carboxylic acids is 1. The molecule has 0 bridgehead atoms. The molecule has 1 aromatic rings. The summed E-state index contributed by atoms with van der Waals surface area (Å²) >= 11 is 0. The lowest BCUT2D eigenvalue weighted by Crippen LogP contribution is -2.37. The summed E-state index contributed by atoms with van der Waals surface area (Å²) in [5, 5.41) is 8.98. The highest BCUT2D eigenvalue weighted by atomic mass is 16.5. The van der Waals surface area contributed by atoms with E-state index in [-0.39, 0.29) is 18.4 Å². The summed E-state index contributed by atoms with van der Waals surface area (Å²) in [6.45, 7) is 1.92. The Kier molecular flexibility index (Phi) is 5.38. The molecular formula is C16H22N2O4. The molecule has 6 heteroatoms. The van der Waals surface area contributed by atoms with Gasteiger partial charge in [-0.15, -0.1) is 0 Å². The molecular weight excluding hydrogens is 284 g/mol. The number of carboxylic acids is 1. The van der Waals surface area contributed by atoms with Crippen molar-refractivity contribution in [3.8, 4) is 5.75 Å². The summed E-state index contributed by atoms with van der Waals surface area (Å²) in [5.41, 5.74) is 1.03.